The minimum atomic E-state index is -0.312. The minimum absolute atomic E-state index is 0. The van der Waals surface area contributed by atoms with Gasteiger partial charge in [0.15, 0.2) is 0 Å². The summed E-state index contributed by atoms with van der Waals surface area (Å²) in [6.45, 7) is 4.09. The van der Waals surface area contributed by atoms with Crippen LogP contribution in [-0.4, -0.2) is 27.3 Å². The van der Waals surface area contributed by atoms with Crippen LogP contribution in [0.25, 0.3) is 11.3 Å². The van der Waals surface area contributed by atoms with E-state index in [0.29, 0.717) is 18.3 Å². The molecule has 0 atom stereocenters. The molecule has 2 heterocycles. The van der Waals surface area contributed by atoms with E-state index in [4.69, 9.17) is 4.74 Å². The molecular formula is C15H21N3O2. The van der Waals surface area contributed by atoms with Crippen molar-refractivity contribution in [2.75, 3.05) is 6.61 Å². The van der Waals surface area contributed by atoms with Gasteiger partial charge in [0.25, 0.3) is 0 Å². The molecule has 0 aromatic carbocycles. The van der Waals surface area contributed by atoms with Crippen LogP contribution in [0.15, 0.2) is 18.5 Å². The Hall–Kier alpha value is -2.04. The number of nitrogens with one attached hydrogen (secondary N) is 1. The van der Waals surface area contributed by atoms with Crippen LogP contribution in [-0.2, 0) is 4.74 Å². The second kappa shape index (κ2) is 5.53. The molecule has 20 heavy (non-hydrogen) atoms. The average molecular weight is 275 g/mol. The Morgan fingerprint density at radius 3 is 2.95 bits per heavy atom. The van der Waals surface area contributed by atoms with E-state index in [0.717, 1.165) is 16.8 Å². The lowest BCUT2D eigenvalue weighted by Gasteiger charge is -2.01. The predicted molar refractivity (Wildman–Crippen MR) is 77.7 cm³/mol. The van der Waals surface area contributed by atoms with Crippen molar-refractivity contribution in [1.82, 2.24) is 14.8 Å². The predicted octanol–water partition coefficient (Wildman–Crippen LogP) is 3.33. The molecule has 1 N–H and O–H groups in total. The summed E-state index contributed by atoms with van der Waals surface area (Å²) >= 11 is 0. The number of hydrogen-bond donors (Lipinski definition) is 1. The van der Waals surface area contributed by atoms with Gasteiger partial charge in [0.1, 0.15) is 5.69 Å². The molecule has 2 aromatic heterocycles. The third-order valence-electron chi connectivity index (χ3n) is 3.42. The maximum atomic E-state index is 11.8. The van der Waals surface area contributed by atoms with Crippen LogP contribution >= 0.6 is 0 Å². The van der Waals surface area contributed by atoms with E-state index in [-0.39, 0.29) is 13.4 Å². The van der Waals surface area contributed by atoms with Crippen molar-refractivity contribution in [2.24, 2.45) is 0 Å². The van der Waals surface area contributed by atoms with Gasteiger partial charge >= 0.3 is 5.97 Å². The van der Waals surface area contributed by atoms with Gasteiger partial charge in [-0.25, -0.2) is 4.79 Å². The van der Waals surface area contributed by atoms with Gasteiger partial charge in [-0.15, -0.1) is 0 Å². The van der Waals surface area contributed by atoms with Crippen molar-refractivity contribution in [3.63, 3.8) is 0 Å². The smallest absolute Gasteiger partial charge is 0.355 e. The summed E-state index contributed by atoms with van der Waals surface area (Å²) in [6, 6.07) is 2.56. The Balaban J connectivity index is 0.00000147. The SMILES string of the molecule is C.CCOC(=O)c1[nH]cc(-c2ccn(C3CC3)n2)c1C. The molecule has 3 rings (SSSR count). The lowest BCUT2D eigenvalue weighted by atomic mass is 10.1. The van der Waals surface area contributed by atoms with E-state index in [9.17, 15) is 4.79 Å². The maximum Gasteiger partial charge on any atom is 0.355 e. The summed E-state index contributed by atoms with van der Waals surface area (Å²) in [6.07, 6.45) is 6.24. The fraction of sp³-hybridized carbons (Fsp3) is 0.467. The molecule has 1 aliphatic rings. The number of aromatic amines is 1. The van der Waals surface area contributed by atoms with Crippen LogP contribution in [0, 0.1) is 6.92 Å². The first-order chi connectivity index (χ1) is 9.20. The zero-order valence-corrected chi connectivity index (χ0v) is 11.1. The van der Waals surface area contributed by atoms with Crippen LogP contribution < -0.4 is 0 Å². The first-order valence-electron chi connectivity index (χ1n) is 6.61. The first kappa shape index (κ1) is 14.4. The van der Waals surface area contributed by atoms with E-state index in [1.54, 1.807) is 6.92 Å². The van der Waals surface area contributed by atoms with Gasteiger partial charge in [-0.05, 0) is 38.3 Å². The first-order valence-corrected chi connectivity index (χ1v) is 6.61. The van der Waals surface area contributed by atoms with Crippen molar-refractivity contribution in [1.29, 1.82) is 0 Å². The summed E-state index contributed by atoms with van der Waals surface area (Å²) in [5.74, 6) is -0.312. The lowest BCUT2D eigenvalue weighted by Crippen LogP contribution is -2.06. The molecule has 5 heteroatoms. The fourth-order valence-electron chi connectivity index (χ4n) is 2.20. The number of nitrogens with zero attached hydrogens (tertiary/aromatic N) is 2. The van der Waals surface area contributed by atoms with Crippen LogP contribution in [0.3, 0.4) is 0 Å². The van der Waals surface area contributed by atoms with Gasteiger partial charge in [0.05, 0.1) is 18.3 Å². The molecule has 108 valence electrons. The fourth-order valence-corrected chi connectivity index (χ4v) is 2.20. The van der Waals surface area contributed by atoms with Gasteiger partial charge in [-0.1, -0.05) is 7.43 Å². The van der Waals surface area contributed by atoms with Crippen LogP contribution in [0.2, 0.25) is 0 Å². The summed E-state index contributed by atoms with van der Waals surface area (Å²) in [7, 11) is 0. The zero-order valence-electron chi connectivity index (χ0n) is 11.1. The minimum Gasteiger partial charge on any atom is -0.461 e. The maximum absolute atomic E-state index is 11.8. The molecule has 1 aliphatic carbocycles. The largest absolute Gasteiger partial charge is 0.461 e. The van der Waals surface area contributed by atoms with E-state index < -0.39 is 0 Å². The number of esters is 1. The summed E-state index contributed by atoms with van der Waals surface area (Å²) in [5, 5.41) is 4.57. The number of H-pyrrole nitrogens is 1. The van der Waals surface area contributed by atoms with E-state index >= 15 is 0 Å². The molecule has 0 aliphatic heterocycles. The standard InChI is InChI=1S/C14H17N3O2.CH4/c1-3-19-14(18)13-9(2)11(8-15-13)12-6-7-17(16-12)10-4-5-10;/h6-8,10,15H,3-5H2,1-2H3;1H4. The lowest BCUT2D eigenvalue weighted by molar-refractivity contribution is 0.0519. The number of rotatable bonds is 4. The molecule has 5 nitrogen and oxygen atoms in total. The van der Waals surface area contributed by atoms with Crippen LogP contribution in [0.1, 0.15) is 49.3 Å². The average Bonchev–Trinajstić information content (AvgIpc) is 3.00. The van der Waals surface area contributed by atoms with Gasteiger partial charge in [-0.2, -0.15) is 5.10 Å². The van der Waals surface area contributed by atoms with E-state index in [1.165, 1.54) is 12.8 Å². The Kier molecular flexibility index (Phi) is 3.97. The highest BCUT2D eigenvalue weighted by atomic mass is 16.5. The molecule has 0 saturated heterocycles. The van der Waals surface area contributed by atoms with Crippen LogP contribution in [0.4, 0.5) is 0 Å². The quantitative estimate of drug-likeness (QED) is 0.871. The number of ether oxygens (including phenoxy) is 1. The Labute approximate surface area is 118 Å². The molecule has 0 unspecified atom stereocenters. The third kappa shape index (κ3) is 2.48. The number of carbonyl (C=O) groups is 1. The topological polar surface area (TPSA) is 59.9 Å². The van der Waals surface area contributed by atoms with Gasteiger partial charge in [0, 0.05) is 18.0 Å². The van der Waals surface area contributed by atoms with Crippen molar-refractivity contribution in [3.05, 3.63) is 29.7 Å². The second-order valence-electron chi connectivity index (χ2n) is 4.83. The molecule has 0 bridgehead atoms. The Bertz CT molecular complexity index is 608. The van der Waals surface area contributed by atoms with Crippen molar-refractivity contribution in [2.45, 2.75) is 40.2 Å². The van der Waals surface area contributed by atoms with E-state index in [2.05, 4.69) is 10.1 Å². The highest BCUT2D eigenvalue weighted by Crippen LogP contribution is 2.35. The van der Waals surface area contributed by atoms with Crippen molar-refractivity contribution in [3.8, 4) is 11.3 Å². The highest BCUT2D eigenvalue weighted by molar-refractivity contribution is 5.91. The van der Waals surface area contributed by atoms with E-state index in [1.807, 2.05) is 30.1 Å². The van der Waals surface area contributed by atoms with Crippen molar-refractivity contribution >= 4 is 5.97 Å². The number of hydrogen-bond acceptors (Lipinski definition) is 3. The number of aromatic nitrogens is 3. The summed E-state index contributed by atoms with van der Waals surface area (Å²) in [5.41, 5.74) is 3.26. The normalized spacial score (nSPS) is 13.9. The summed E-state index contributed by atoms with van der Waals surface area (Å²) in [4.78, 5) is 14.7. The Morgan fingerprint density at radius 2 is 2.30 bits per heavy atom. The highest BCUT2D eigenvalue weighted by Gasteiger charge is 2.25. The third-order valence-corrected chi connectivity index (χ3v) is 3.42. The Morgan fingerprint density at radius 1 is 1.55 bits per heavy atom. The molecule has 0 spiro atoms. The van der Waals surface area contributed by atoms with Gasteiger partial charge in [0.2, 0.25) is 0 Å². The molecule has 0 radical (unpaired) electrons. The molecule has 2 aromatic rings. The molecule has 1 saturated carbocycles. The monoisotopic (exact) mass is 275 g/mol. The zero-order chi connectivity index (χ0) is 13.4. The second-order valence-corrected chi connectivity index (χ2v) is 4.83. The molecular weight excluding hydrogens is 254 g/mol. The van der Waals surface area contributed by atoms with Crippen molar-refractivity contribution < 1.29 is 9.53 Å². The number of carbonyl (C=O) groups excluding carboxylic acids is 1. The van der Waals surface area contributed by atoms with Gasteiger partial charge < -0.3 is 9.72 Å². The molecule has 0 amide bonds. The summed E-state index contributed by atoms with van der Waals surface area (Å²) < 4.78 is 7.02. The van der Waals surface area contributed by atoms with Crippen LogP contribution in [0.5, 0.6) is 0 Å². The molecule has 1 fully saturated rings. The van der Waals surface area contributed by atoms with Gasteiger partial charge in [-0.3, -0.25) is 4.68 Å².